The van der Waals surface area contributed by atoms with E-state index in [0.29, 0.717) is 6.61 Å². The summed E-state index contributed by atoms with van der Waals surface area (Å²) in [5, 5.41) is 11.3. The molecule has 3 heterocycles. The molecule has 12 nitrogen and oxygen atoms in total. The van der Waals surface area contributed by atoms with Crippen LogP contribution in [-0.2, 0) is 58.9 Å². The fourth-order valence-electron chi connectivity index (χ4n) is 5.20. The molecule has 12 heteroatoms. The summed E-state index contributed by atoms with van der Waals surface area (Å²) in [4.78, 5) is 28.5. The molecule has 5 unspecified atom stereocenters. The van der Waals surface area contributed by atoms with E-state index >= 15 is 0 Å². The lowest BCUT2D eigenvalue weighted by Crippen LogP contribution is -2.62. The molecule has 3 aliphatic heterocycles. The van der Waals surface area contributed by atoms with E-state index < -0.39 is 48.6 Å². The van der Waals surface area contributed by atoms with Gasteiger partial charge in [0.15, 0.2) is 18.9 Å². The fourth-order valence-corrected chi connectivity index (χ4v) is 5.20. The van der Waals surface area contributed by atoms with Gasteiger partial charge in [0.05, 0.1) is 25.4 Å². The largest absolute Gasteiger partial charge is 0.458 e. The van der Waals surface area contributed by atoms with Gasteiger partial charge in [0.25, 0.3) is 0 Å². The van der Waals surface area contributed by atoms with Crippen LogP contribution in [0, 0.1) is 11.8 Å². The fraction of sp³-hybridized carbons (Fsp3) is 0.733. The first kappa shape index (κ1) is 34.2. The highest BCUT2D eigenvalue weighted by Gasteiger charge is 2.51. The number of rotatable bonds is 8. The van der Waals surface area contributed by atoms with Crippen molar-refractivity contribution in [2.45, 2.75) is 116 Å². The van der Waals surface area contributed by atoms with Crippen molar-refractivity contribution in [3.63, 3.8) is 0 Å². The maximum absolute atomic E-state index is 12.2. The van der Waals surface area contributed by atoms with Crippen LogP contribution in [0.1, 0.15) is 54.0 Å². The second-order valence-electron chi connectivity index (χ2n) is 11.8. The molecule has 11 atom stereocenters. The topological polar surface area (TPSA) is 145 Å². The summed E-state index contributed by atoms with van der Waals surface area (Å²) < 4.78 is 47.7. The van der Waals surface area contributed by atoms with Crippen molar-refractivity contribution >= 4 is 12.1 Å². The van der Waals surface area contributed by atoms with E-state index in [4.69, 9.17) is 47.5 Å². The number of aliphatic hydroxyl groups is 1. The lowest BCUT2D eigenvalue weighted by Gasteiger charge is -2.50. The zero-order chi connectivity index (χ0) is 31.0. The molecule has 0 aromatic heterocycles. The van der Waals surface area contributed by atoms with E-state index in [1.165, 1.54) is 0 Å². The van der Waals surface area contributed by atoms with Crippen LogP contribution in [0.15, 0.2) is 30.3 Å². The van der Waals surface area contributed by atoms with Crippen molar-refractivity contribution in [3.8, 4) is 0 Å². The van der Waals surface area contributed by atoms with E-state index in [2.05, 4.69) is 13.8 Å². The van der Waals surface area contributed by atoms with E-state index in [9.17, 15) is 9.90 Å². The molecule has 0 spiro atoms. The second kappa shape index (κ2) is 15.5. The maximum Gasteiger partial charge on any atom is 0.373 e. The van der Waals surface area contributed by atoms with Gasteiger partial charge in [-0.25, -0.2) is 4.79 Å². The van der Waals surface area contributed by atoms with Crippen LogP contribution in [0.2, 0.25) is 0 Å². The Kier molecular flexibility index (Phi) is 12.6. The zero-order valence-corrected chi connectivity index (χ0v) is 25.3. The van der Waals surface area contributed by atoms with Crippen LogP contribution in [0.25, 0.3) is 0 Å². The Bertz CT molecular complexity index is 1010. The molecule has 0 saturated carbocycles. The minimum Gasteiger partial charge on any atom is -0.458 e. The molecule has 0 aliphatic carbocycles. The van der Waals surface area contributed by atoms with E-state index in [1.807, 2.05) is 44.2 Å². The van der Waals surface area contributed by atoms with Gasteiger partial charge in [-0.1, -0.05) is 44.2 Å². The van der Waals surface area contributed by atoms with Crippen molar-refractivity contribution in [2.24, 2.45) is 11.8 Å². The Morgan fingerprint density at radius 2 is 1.62 bits per heavy atom. The lowest BCUT2D eigenvalue weighted by molar-refractivity contribution is -0.369. The monoisotopic (exact) mass is 596 g/mol. The molecule has 42 heavy (non-hydrogen) atoms. The number of hydrogen-bond donors (Lipinski definition) is 1. The van der Waals surface area contributed by atoms with E-state index in [1.54, 1.807) is 20.8 Å². The molecular formula is C30H44O12. The second-order valence-corrected chi connectivity index (χ2v) is 11.8. The van der Waals surface area contributed by atoms with E-state index in [-0.39, 0.29) is 49.7 Å². The average Bonchev–Trinajstić information content (AvgIpc) is 2.92. The molecule has 3 fully saturated rings. The van der Waals surface area contributed by atoms with Crippen LogP contribution in [0.4, 0.5) is 0 Å². The van der Waals surface area contributed by atoms with Gasteiger partial charge in [-0.2, -0.15) is 9.59 Å². The number of fused-ring (bicyclic) bond motifs is 1. The van der Waals surface area contributed by atoms with Gasteiger partial charge in [0.2, 0.25) is 0 Å². The summed E-state index contributed by atoms with van der Waals surface area (Å²) in [5.41, 5.74) is 0.289. The minimum absolute atomic E-state index is 0.00296. The molecule has 0 amide bonds. The Morgan fingerprint density at radius 1 is 0.952 bits per heavy atom. The molecule has 0 radical (unpaired) electrons. The standard InChI is InChI=1S/C29H44O10.CO2/c1-16-17(2)27(37-21-14-32-19(4)36-24(16)21)38-25-18(3)35-28(34-15-22(30)39-29(5,6)7)23(31)26(25)33-13-20-11-9-8-10-12-20;2-1-3/h8-12,16-19,21,23-28,31H,13-15H2,1-7H3;/t16-,17?,18?,19?,21?,23?,24+,25-,26+,27-,28-;/m1./s1. The Morgan fingerprint density at radius 3 is 2.26 bits per heavy atom. The van der Waals surface area contributed by atoms with Gasteiger partial charge in [-0.05, 0) is 46.1 Å². The van der Waals surface area contributed by atoms with Crippen molar-refractivity contribution in [1.29, 1.82) is 0 Å². The minimum atomic E-state index is -1.23. The molecule has 3 saturated heterocycles. The molecular weight excluding hydrogens is 552 g/mol. The average molecular weight is 597 g/mol. The Labute approximate surface area is 246 Å². The van der Waals surface area contributed by atoms with Crippen LogP contribution in [0.3, 0.4) is 0 Å². The predicted octanol–water partition coefficient (Wildman–Crippen LogP) is 2.60. The summed E-state index contributed by atoms with van der Waals surface area (Å²) in [5.74, 6) is -0.402. The number of benzene rings is 1. The third-order valence-electron chi connectivity index (χ3n) is 7.41. The van der Waals surface area contributed by atoms with Crippen LogP contribution < -0.4 is 0 Å². The van der Waals surface area contributed by atoms with Gasteiger partial charge in [0, 0.05) is 5.92 Å². The molecule has 0 bridgehead atoms. The normalized spacial score (nSPS) is 36.5. The Hall–Kier alpha value is -2.25. The Balaban J connectivity index is 0.00000155. The molecule has 1 aromatic rings. The van der Waals surface area contributed by atoms with Gasteiger partial charge < -0.3 is 43.0 Å². The van der Waals surface area contributed by atoms with Crippen LogP contribution in [-0.4, -0.2) is 91.5 Å². The first-order valence-corrected chi connectivity index (χ1v) is 14.2. The lowest BCUT2D eigenvalue weighted by atomic mass is 9.84. The molecule has 3 aliphatic rings. The predicted molar refractivity (Wildman–Crippen MR) is 144 cm³/mol. The van der Waals surface area contributed by atoms with Crippen molar-refractivity contribution in [3.05, 3.63) is 35.9 Å². The van der Waals surface area contributed by atoms with Gasteiger partial charge in [0.1, 0.15) is 36.6 Å². The molecule has 4 rings (SSSR count). The number of ether oxygens (including phenoxy) is 8. The quantitative estimate of drug-likeness (QED) is 0.440. The summed E-state index contributed by atoms with van der Waals surface area (Å²) in [7, 11) is 0. The van der Waals surface area contributed by atoms with Crippen molar-refractivity contribution < 1.29 is 57.4 Å². The number of esters is 1. The van der Waals surface area contributed by atoms with E-state index in [0.717, 1.165) is 5.56 Å². The summed E-state index contributed by atoms with van der Waals surface area (Å²) in [6.07, 6.45) is -5.36. The number of hydrogen-bond acceptors (Lipinski definition) is 12. The third-order valence-corrected chi connectivity index (χ3v) is 7.41. The van der Waals surface area contributed by atoms with Crippen molar-refractivity contribution in [1.82, 2.24) is 0 Å². The molecule has 1 aromatic carbocycles. The smallest absolute Gasteiger partial charge is 0.373 e. The van der Waals surface area contributed by atoms with Gasteiger partial charge in [-0.15, -0.1) is 0 Å². The number of carbonyl (C=O) groups excluding carboxylic acids is 3. The van der Waals surface area contributed by atoms with Crippen LogP contribution in [0.5, 0.6) is 0 Å². The summed E-state index contributed by atoms with van der Waals surface area (Å²) in [6.45, 7) is 13.5. The number of carbonyl (C=O) groups is 1. The molecule has 1 N–H and O–H groups in total. The SMILES string of the molecule is CC1OCC2O[C@H](O[C@@H]3C(C)O[C@@H](OCC(=O)OC(C)(C)C)C(O)[C@@H]3OCc3ccccc3)C(C)[C@@H](C)[C@@H]2O1.O=C=O. The van der Waals surface area contributed by atoms with Crippen LogP contribution >= 0.6 is 0 Å². The summed E-state index contributed by atoms with van der Waals surface area (Å²) >= 11 is 0. The molecule has 236 valence electrons. The van der Waals surface area contributed by atoms with Crippen molar-refractivity contribution in [2.75, 3.05) is 13.2 Å². The highest BCUT2D eigenvalue weighted by atomic mass is 16.8. The first-order chi connectivity index (χ1) is 19.8. The summed E-state index contributed by atoms with van der Waals surface area (Å²) in [6, 6.07) is 9.66. The van der Waals surface area contributed by atoms with Gasteiger partial charge in [-0.3, -0.25) is 0 Å². The zero-order valence-electron chi connectivity index (χ0n) is 25.3. The highest BCUT2D eigenvalue weighted by Crippen LogP contribution is 2.38. The highest BCUT2D eigenvalue weighted by molar-refractivity contribution is 5.71. The number of aliphatic hydroxyl groups excluding tert-OH is 1. The maximum atomic E-state index is 12.2. The third kappa shape index (κ3) is 9.37. The van der Waals surface area contributed by atoms with Gasteiger partial charge >= 0.3 is 12.1 Å². The first-order valence-electron chi connectivity index (χ1n) is 14.2.